The van der Waals surface area contributed by atoms with Gasteiger partial charge in [0.15, 0.2) is 9.84 Å². The van der Waals surface area contributed by atoms with Gasteiger partial charge in [-0.05, 0) is 30.5 Å². The maximum atomic E-state index is 13.0. The number of benzene rings is 1. The van der Waals surface area contributed by atoms with E-state index in [-0.39, 0.29) is 34.6 Å². The van der Waals surface area contributed by atoms with E-state index >= 15 is 0 Å². The predicted octanol–water partition coefficient (Wildman–Crippen LogP) is 0.572. The molecule has 7 heteroatoms. The van der Waals surface area contributed by atoms with Gasteiger partial charge < -0.3 is 11.1 Å². The molecule has 0 aromatic heterocycles. The van der Waals surface area contributed by atoms with Crippen LogP contribution in [0.15, 0.2) is 18.2 Å². The van der Waals surface area contributed by atoms with Crippen LogP contribution >= 0.6 is 0 Å². The SMILES string of the molecule is Nc1cc(C(=O)NCC2CCS(=O)(=O)C2)ccc1F. The summed E-state index contributed by atoms with van der Waals surface area (Å²) in [4.78, 5) is 11.8. The van der Waals surface area contributed by atoms with Crippen molar-refractivity contribution in [1.82, 2.24) is 5.32 Å². The van der Waals surface area contributed by atoms with E-state index in [1.807, 2.05) is 0 Å². The summed E-state index contributed by atoms with van der Waals surface area (Å²) in [5, 5.41) is 2.64. The minimum atomic E-state index is -2.94. The molecule has 0 radical (unpaired) electrons. The van der Waals surface area contributed by atoms with Crippen LogP contribution in [-0.4, -0.2) is 32.4 Å². The van der Waals surface area contributed by atoms with E-state index in [2.05, 4.69) is 5.32 Å². The summed E-state index contributed by atoms with van der Waals surface area (Å²) < 4.78 is 35.5. The molecule has 3 N–H and O–H groups in total. The lowest BCUT2D eigenvalue weighted by Gasteiger charge is -2.10. The summed E-state index contributed by atoms with van der Waals surface area (Å²) in [6.07, 6.45) is 0.564. The standard InChI is InChI=1S/C12H15FN2O3S/c13-10-2-1-9(5-11(10)14)12(16)15-6-8-3-4-19(17,18)7-8/h1-2,5,8H,3-4,6-7,14H2,(H,15,16). The summed E-state index contributed by atoms with van der Waals surface area (Å²) in [6, 6.07) is 3.73. The number of nitrogen functional groups attached to an aromatic ring is 1. The number of rotatable bonds is 3. The van der Waals surface area contributed by atoms with Crippen molar-refractivity contribution in [2.24, 2.45) is 5.92 Å². The van der Waals surface area contributed by atoms with Crippen LogP contribution in [0.4, 0.5) is 10.1 Å². The third kappa shape index (κ3) is 3.44. The van der Waals surface area contributed by atoms with Crippen LogP contribution in [-0.2, 0) is 9.84 Å². The fourth-order valence-corrected chi connectivity index (χ4v) is 3.92. The number of anilines is 1. The average Bonchev–Trinajstić information content (AvgIpc) is 2.69. The Kier molecular flexibility index (Phi) is 3.75. The zero-order valence-electron chi connectivity index (χ0n) is 10.2. The van der Waals surface area contributed by atoms with E-state index in [9.17, 15) is 17.6 Å². The van der Waals surface area contributed by atoms with Gasteiger partial charge in [-0.1, -0.05) is 0 Å². The molecule has 1 amide bonds. The minimum Gasteiger partial charge on any atom is -0.396 e. The van der Waals surface area contributed by atoms with Crippen LogP contribution in [0.2, 0.25) is 0 Å². The number of nitrogens with one attached hydrogen (secondary N) is 1. The highest BCUT2D eigenvalue weighted by Crippen LogP contribution is 2.18. The molecule has 1 aliphatic rings. The van der Waals surface area contributed by atoms with Crippen LogP contribution in [0, 0.1) is 11.7 Å². The molecular weight excluding hydrogens is 271 g/mol. The van der Waals surface area contributed by atoms with Crippen LogP contribution in [0.1, 0.15) is 16.8 Å². The molecule has 1 heterocycles. The molecule has 5 nitrogen and oxygen atoms in total. The second-order valence-corrected chi connectivity index (χ2v) is 6.94. The Labute approximate surface area is 110 Å². The number of hydrogen-bond acceptors (Lipinski definition) is 4. The molecule has 19 heavy (non-hydrogen) atoms. The zero-order valence-corrected chi connectivity index (χ0v) is 11.0. The van der Waals surface area contributed by atoms with Gasteiger partial charge in [0.1, 0.15) is 5.82 Å². The monoisotopic (exact) mass is 286 g/mol. The summed E-state index contributed by atoms with van der Waals surface area (Å²) >= 11 is 0. The fraction of sp³-hybridized carbons (Fsp3) is 0.417. The van der Waals surface area contributed by atoms with Crippen molar-refractivity contribution in [3.63, 3.8) is 0 Å². The van der Waals surface area contributed by atoms with E-state index in [1.165, 1.54) is 12.1 Å². The molecule has 1 fully saturated rings. The Balaban J connectivity index is 1.93. The zero-order chi connectivity index (χ0) is 14.0. The van der Waals surface area contributed by atoms with Crippen LogP contribution < -0.4 is 11.1 Å². The fourth-order valence-electron chi connectivity index (χ4n) is 2.06. The first-order valence-corrected chi connectivity index (χ1v) is 7.73. The van der Waals surface area contributed by atoms with E-state index in [0.29, 0.717) is 13.0 Å². The highest BCUT2D eigenvalue weighted by Gasteiger charge is 2.27. The van der Waals surface area contributed by atoms with Gasteiger partial charge in [-0.15, -0.1) is 0 Å². The van der Waals surface area contributed by atoms with Gasteiger partial charge in [-0.25, -0.2) is 12.8 Å². The molecule has 1 saturated heterocycles. The summed E-state index contributed by atoms with van der Waals surface area (Å²) in [5.41, 5.74) is 5.55. The van der Waals surface area contributed by atoms with Gasteiger partial charge >= 0.3 is 0 Å². The number of amides is 1. The lowest BCUT2D eigenvalue weighted by molar-refractivity contribution is 0.0948. The third-order valence-electron chi connectivity index (χ3n) is 3.14. The Morgan fingerprint density at radius 3 is 2.79 bits per heavy atom. The minimum absolute atomic E-state index is 0.0493. The van der Waals surface area contributed by atoms with Crippen molar-refractivity contribution in [3.05, 3.63) is 29.6 Å². The van der Waals surface area contributed by atoms with Gasteiger partial charge in [0.05, 0.1) is 17.2 Å². The van der Waals surface area contributed by atoms with E-state index in [4.69, 9.17) is 5.73 Å². The predicted molar refractivity (Wildman–Crippen MR) is 69.9 cm³/mol. The summed E-state index contributed by atoms with van der Waals surface area (Å²) in [5.74, 6) is -0.711. The smallest absolute Gasteiger partial charge is 0.251 e. The molecule has 1 unspecified atom stereocenters. The van der Waals surface area contributed by atoms with E-state index < -0.39 is 15.7 Å². The average molecular weight is 286 g/mol. The molecule has 2 rings (SSSR count). The van der Waals surface area contributed by atoms with Gasteiger partial charge in [0, 0.05) is 12.1 Å². The second kappa shape index (κ2) is 5.16. The van der Waals surface area contributed by atoms with Crippen molar-refractivity contribution in [2.75, 3.05) is 23.8 Å². The van der Waals surface area contributed by atoms with Crippen molar-refractivity contribution >= 4 is 21.4 Å². The largest absolute Gasteiger partial charge is 0.396 e. The normalized spacial score (nSPS) is 21.2. The maximum Gasteiger partial charge on any atom is 0.251 e. The molecule has 1 aliphatic heterocycles. The quantitative estimate of drug-likeness (QED) is 0.795. The molecule has 104 valence electrons. The molecule has 0 saturated carbocycles. The van der Waals surface area contributed by atoms with Gasteiger partial charge in [-0.3, -0.25) is 4.79 Å². The highest BCUT2D eigenvalue weighted by molar-refractivity contribution is 7.91. The van der Waals surface area contributed by atoms with Crippen LogP contribution in [0.5, 0.6) is 0 Å². The van der Waals surface area contributed by atoms with Crippen molar-refractivity contribution in [2.45, 2.75) is 6.42 Å². The molecule has 1 atom stereocenters. The first-order valence-electron chi connectivity index (χ1n) is 5.91. The number of nitrogens with two attached hydrogens (primary N) is 1. The summed E-state index contributed by atoms with van der Waals surface area (Å²) in [6.45, 7) is 0.301. The van der Waals surface area contributed by atoms with Gasteiger partial charge in [0.2, 0.25) is 0 Å². The van der Waals surface area contributed by atoms with Gasteiger partial charge in [-0.2, -0.15) is 0 Å². The molecule has 1 aromatic carbocycles. The Morgan fingerprint density at radius 1 is 1.47 bits per heavy atom. The first-order chi connectivity index (χ1) is 8.87. The Bertz CT molecular complexity index is 601. The van der Waals surface area contributed by atoms with Gasteiger partial charge in [0.25, 0.3) is 5.91 Å². The number of halogens is 1. The van der Waals surface area contributed by atoms with Crippen molar-refractivity contribution in [1.29, 1.82) is 0 Å². The lowest BCUT2D eigenvalue weighted by Crippen LogP contribution is -2.29. The number of sulfone groups is 1. The Morgan fingerprint density at radius 2 is 2.21 bits per heavy atom. The number of carbonyl (C=O) groups is 1. The lowest BCUT2D eigenvalue weighted by atomic mass is 10.1. The number of carbonyl (C=O) groups excluding carboxylic acids is 1. The number of hydrogen-bond donors (Lipinski definition) is 2. The van der Waals surface area contributed by atoms with E-state index in [1.54, 1.807) is 0 Å². The summed E-state index contributed by atoms with van der Waals surface area (Å²) in [7, 11) is -2.94. The highest BCUT2D eigenvalue weighted by atomic mass is 32.2. The molecular formula is C12H15FN2O3S. The second-order valence-electron chi connectivity index (χ2n) is 4.72. The first kappa shape index (κ1) is 13.8. The Hall–Kier alpha value is -1.63. The van der Waals surface area contributed by atoms with Crippen LogP contribution in [0.25, 0.3) is 0 Å². The molecule has 1 aromatic rings. The maximum absolute atomic E-state index is 13.0. The topological polar surface area (TPSA) is 89.3 Å². The molecule has 0 spiro atoms. The van der Waals surface area contributed by atoms with E-state index in [0.717, 1.165) is 6.07 Å². The van der Waals surface area contributed by atoms with Crippen LogP contribution in [0.3, 0.4) is 0 Å². The van der Waals surface area contributed by atoms with Crippen molar-refractivity contribution in [3.8, 4) is 0 Å². The third-order valence-corrected chi connectivity index (χ3v) is 4.97. The molecule has 0 aliphatic carbocycles. The van der Waals surface area contributed by atoms with Crippen molar-refractivity contribution < 1.29 is 17.6 Å². The molecule has 0 bridgehead atoms.